The molecule has 0 saturated carbocycles. The highest BCUT2D eigenvalue weighted by Crippen LogP contribution is 2.24. The van der Waals surface area contributed by atoms with Crippen LogP contribution in [0.4, 0.5) is 11.4 Å². The van der Waals surface area contributed by atoms with E-state index in [1.807, 2.05) is 0 Å². The summed E-state index contributed by atoms with van der Waals surface area (Å²) in [7, 11) is -4.10. The fourth-order valence-electron chi connectivity index (χ4n) is 1.11. The third-order valence-electron chi connectivity index (χ3n) is 1.92. The van der Waals surface area contributed by atoms with Gasteiger partial charge in [0.15, 0.2) is 0 Å². The Morgan fingerprint density at radius 1 is 1.21 bits per heavy atom. The molecule has 0 saturated heterocycles. The zero-order valence-corrected chi connectivity index (χ0v) is 8.45. The monoisotopic (exact) mass is 216 g/mol. The number of benzene rings is 1. The molecule has 0 aliphatic carbocycles. The summed E-state index contributed by atoms with van der Waals surface area (Å²) in [5.41, 5.74) is 12.1. The van der Waals surface area contributed by atoms with E-state index in [-0.39, 0.29) is 0 Å². The van der Waals surface area contributed by atoms with Crippen LogP contribution in [0.2, 0.25) is 0 Å². The molecule has 0 bridgehead atoms. The number of rotatable bonds is 2. The summed E-state index contributed by atoms with van der Waals surface area (Å²) in [5.74, 6) is 0. The summed E-state index contributed by atoms with van der Waals surface area (Å²) < 4.78 is 30.5. The van der Waals surface area contributed by atoms with Crippen LogP contribution in [0, 0.1) is 0 Å². The Balaban J connectivity index is 3.20. The lowest BCUT2D eigenvalue weighted by Gasteiger charge is -2.09. The zero-order chi connectivity index (χ0) is 10.9. The first kappa shape index (κ1) is 10.8. The number of anilines is 2. The van der Waals surface area contributed by atoms with Crippen molar-refractivity contribution in [1.82, 2.24) is 0 Å². The molecule has 0 aromatic heterocycles. The van der Waals surface area contributed by atoms with Gasteiger partial charge in [-0.05, 0) is 30.7 Å². The number of hydrogen-bond donors (Lipinski definition) is 3. The molecule has 14 heavy (non-hydrogen) atoms. The van der Waals surface area contributed by atoms with Crippen molar-refractivity contribution >= 4 is 21.5 Å². The number of nitrogen functional groups attached to an aromatic ring is 2. The van der Waals surface area contributed by atoms with Gasteiger partial charge in [0.25, 0.3) is 10.1 Å². The van der Waals surface area contributed by atoms with E-state index in [9.17, 15) is 8.42 Å². The largest absolute Gasteiger partial charge is 0.399 e. The van der Waals surface area contributed by atoms with E-state index in [0.29, 0.717) is 16.9 Å². The van der Waals surface area contributed by atoms with E-state index in [0.717, 1.165) is 0 Å². The highest BCUT2D eigenvalue weighted by atomic mass is 32.2. The minimum atomic E-state index is -4.10. The molecule has 0 fully saturated rings. The molecule has 1 atom stereocenters. The number of hydrogen-bond acceptors (Lipinski definition) is 4. The summed E-state index contributed by atoms with van der Waals surface area (Å²) in [6.07, 6.45) is 0. The quantitative estimate of drug-likeness (QED) is 0.500. The van der Waals surface area contributed by atoms with Gasteiger partial charge in [0.1, 0.15) is 5.25 Å². The summed E-state index contributed by atoms with van der Waals surface area (Å²) >= 11 is 0. The maximum Gasteiger partial charge on any atom is 0.271 e. The van der Waals surface area contributed by atoms with E-state index in [1.54, 1.807) is 0 Å². The Bertz CT molecular complexity index is 422. The van der Waals surface area contributed by atoms with Gasteiger partial charge in [0.05, 0.1) is 0 Å². The molecule has 1 aromatic carbocycles. The molecule has 5 nitrogen and oxygen atoms in total. The van der Waals surface area contributed by atoms with Crippen LogP contribution in [0.3, 0.4) is 0 Å². The predicted molar refractivity (Wildman–Crippen MR) is 55.2 cm³/mol. The molecule has 0 spiro atoms. The van der Waals surface area contributed by atoms with E-state index >= 15 is 0 Å². The lowest BCUT2D eigenvalue weighted by molar-refractivity contribution is 0.472. The maximum atomic E-state index is 10.8. The first-order valence-electron chi connectivity index (χ1n) is 3.93. The maximum absolute atomic E-state index is 10.8. The molecule has 78 valence electrons. The average Bonchev–Trinajstić information content (AvgIpc) is 1.99. The molecule has 1 rings (SSSR count). The van der Waals surface area contributed by atoms with Gasteiger partial charge in [-0.2, -0.15) is 8.42 Å². The zero-order valence-electron chi connectivity index (χ0n) is 7.64. The van der Waals surface area contributed by atoms with Crippen LogP contribution >= 0.6 is 0 Å². The van der Waals surface area contributed by atoms with Crippen molar-refractivity contribution in [2.24, 2.45) is 0 Å². The fourth-order valence-corrected chi connectivity index (χ4v) is 1.59. The van der Waals surface area contributed by atoms with Gasteiger partial charge in [0, 0.05) is 11.4 Å². The van der Waals surface area contributed by atoms with Crippen LogP contribution in [0.1, 0.15) is 17.7 Å². The first-order valence-corrected chi connectivity index (χ1v) is 5.43. The van der Waals surface area contributed by atoms with Crippen molar-refractivity contribution in [3.8, 4) is 0 Å². The molecule has 0 amide bonds. The van der Waals surface area contributed by atoms with E-state index < -0.39 is 15.4 Å². The number of nitrogens with two attached hydrogens (primary N) is 2. The lowest BCUT2D eigenvalue weighted by Crippen LogP contribution is -2.09. The van der Waals surface area contributed by atoms with E-state index in [2.05, 4.69) is 0 Å². The summed E-state index contributed by atoms with van der Waals surface area (Å²) in [4.78, 5) is 0. The van der Waals surface area contributed by atoms with Crippen LogP contribution in [0.5, 0.6) is 0 Å². The Hall–Kier alpha value is -1.27. The second-order valence-electron chi connectivity index (χ2n) is 3.09. The minimum Gasteiger partial charge on any atom is -0.399 e. The van der Waals surface area contributed by atoms with Gasteiger partial charge in [-0.15, -0.1) is 0 Å². The van der Waals surface area contributed by atoms with E-state index in [1.165, 1.54) is 25.1 Å². The van der Waals surface area contributed by atoms with Gasteiger partial charge in [-0.25, -0.2) is 0 Å². The second kappa shape index (κ2) is 3.47. The van der Waals surface area contributed by atoms with E-state index in [4.69, 9.17) is 16.0 Å². The van der Waals surface area contributed by atoms with Crippen molar-refractivity contribution in [1.29, 1.82) is 0 Å². The molecule has 0 heterocycles. The lowest BCUT2D eigenvalue weighted by atomic mass is 10.1. The molecular formula is C8H12N2O3S. The van der Waals surface area contributed by atoms with Gasteiger partial charge in [0.2, 0.25) is 0 Å². The highest BCUT2D eigenvalue weighted by Gasteiger charge is 2.19. The molecule has 0 aliphatic rings. The smallest absolute Gasteiger partial charge is 0.271 e. The third kappa shape index (κ3) is 2.36. The standard InChI is InChI=1S/C8H12N2O3S/c1-5(14(11,12)13)6-2-7(9)4-8(10)3-6/h2-5H,9-10H2,1H3,(H,11,12,13). The minimum absolute atomic E-state index is 0.371. The van der Waals surface area contributed by atoms with Crippen LogP contribution in [0.25, 0.3) is 0 Å². The highest BCUT2D eigenvalue weighted by molar-refractivity contribution is 7.86. The SMILES string of the molecule is CC(c1cc(N)cc(N)c1)S(=O)(=O)O. The summed E-state index contributed by atoms with van der Waals surface area (Å²) in [6.45, 7) is 1.36. The van der Waals surface area contributed by atoms with Crippen molar-refractivity contribution in [3.63, 3.8) is 0 Å². The Kier molecular flexibility index (Phi) is 2.68. The van der Waals surface area contributed by atoms with Crippen molar-refractivity contribution in [2.75, 3.05) is 11.5 Å². The molecule has 0 aliphatic heterocycles. The second-order valence-corrected chi connectivity index (χ2v) is 4.83. The summed E-state index contributed by atoms with van der Waals surface area (Å²) in [5, 5.41) is -1.02. The van der Waals surface area contributed by atoms with Crippen LogP contribution < -0.4 is 11.5 Å². The Labute approximate surface area is 82.5 Å². The molecule has 5 N–H and O–H groups in total. The molecule has 1 unspecified atom stereocenters. The van der Waals surface area contributed by atoms with Crippen LogP contribution in [-0.2, 0) is 10.1 Å². The van der Waals surface area contributed by atoms with Crippen LogP contribution in [-0.4, -0.2) is 13.0 Å². The third-order valence-corrected chi connectivity index (χ3v) is 3.08. The predicted octanol–water partition coefficient (Wildman–Crippen LogP) is 0.800. The van der Waals surface area contributed by atoms with Gasteiger partial charge < -0.3 is 11.5 Å². The molecule has 6 heteroatoms. The normalized spacial score (nSPS) is 13.9. The average molecular weight is 216 g/mol. The van der Waals surface area contributed by atoms with Crippen molar-refractivity contribution in [2.45, 2.75) is 12.2 Å². The Morgan fingerprint density at radius 3 is 2.00 bits per heavy atom. The van der Waals surface area contributed by atoms with Gasteiger partial charge in [-0.3, -0.25) is 4.55 Å². The van der Waals surface area contributed by atoms with Crippen LogP contribution in [0.15, 0.2) is 18.2 Å². The fraction of sp³-hybridized carbons (Fsp3) is 0.250. The molecular weight excluding hydrogens is 204 g/mol. The van der Waals surface area contributed by atoms with Gasteiger partial charge in [-0.1, -0.05) is 0 Å². The van der Waals surface area contributed by atoms with Crippen molar-refractivity contribution in [3.05, 3.63) is 23.8 Å². The Morgan fingerprint density at radius 2 is 1.64 bits per heavy atom. The molecule has 1 aromatic rings. The first-order chi connectivity index (χ1) is 6.30. The topological polar surface area (TPSA) is 106 Å². The summed E-state index contributed by atoms with van der Waals surface area (Å²) in [6, 6.07) is 4.45. The van der Waals surface area contributed by atoms with Crippen molar-refractivity contribution < 1.29 is 13.0 Å². The van der Waals surface area contributed by atoms with Gasteiger partial charge >= 0.3 is 0 Å². The molecule has 0 radical (unpaired) electrons.